The number of nitrogens with zero attached hydrogens (tertiary/aromatic N) is 2. The Morgan fingerprint density at radius 3 is 2.57 bits per heavy atom. The molecular formula is C19H19ClN4O5S. The highest BCUT2D eigenvalue weighted by Gasteiger charge is 2.24. The normalized spacial score (nSPS) is 11.6. The Balaban J connectivity index is 1.90. The fourth-order valence-corrected chi connectivity index (χ4v) is 4.54. The second-order valence-corrected chi connectivity index (χ2v) is 8.55. The fraction of sp³-hybridized carbons (Fsp3) is 0.211. The highest BCUT2D eigenvalue weighted by Crippen LogP contribution is 2.25. The number of amides is 1. The van der Waals surface area contributed by atoms with Gasteiger partial charge in [-0.2, -0.15) is 4.31 Å². The first-order chi connectivity index (χ1) is 14.3. The summed E-state index contributed by atoms with van der Waals surface area (Å²) in [5, 5.41) is 6.39. The summed E-state index contributed by atoms with van der Waals surface area (Å²) in [6, 6.07) is 10.5. The Morgan fingerprint density at radius 2 is 1.93 bits per heavy atom. The van der Waals surface area contributed by atoms with Gasteiger partial charge in [0.25, 0.3) is 5.91 Å². The summed E-state index contributed by atoms with van der Waals surface area (Å²) in [6.07, 6.45) is 0. The summed E-state index contributed by atoms with van der Waals surface area (Å²) in [6.45, 7) is 4.08. The van der Waals surface area contributed by atoms with Crippen molar-refractivity contribution in [2.45, 2.75) is 18.7 Å². The monoisotopic (exact) mass is 450 g/mol. The molecule has 0 fully saturated rings. The van der Waals surface area contributed by atoms with Crippen LogP contribution >= 0.6 is 11.6 Å². The van der Waals surface area contributed by atoms with E-state index in [-0.39, 0.29) is 21.3 Å². The van der Waals surface area contributed by atoms with Crippen LogP contribution in [-0.2, 0) is 10.0 Å². The Morgan fingerprint density at radius 1 is 1.20 bits per heavy atom. The molecule has 9 nitrogen and oxygen atoms in total. The summed E-state index contributed by atoms with van der Waals surface area (Å²) in [5.74, 6) is -1.07. The van der Waals surface area contributed by atoms with Gasteiger partial charge in [-0.15, -0.1) is 0 Å². The van der Waals surface area contributed by atoms with Crippen LogP contribution in [0.3, 0.4) is 0 Å². The maximum absolute atomic E-state index is 12.8. The summed E-state index contributed by atoms with van der Waals surface area (Å²) < 4.78 is 31.3. The van der Waals surface area contributed by atoms with Gasteiger partial charge in [0, 0.05) is 24.3 Å². The molecule has 158 valence electrons. The molecule has 1 aromatic heterocycles. The van der Waals surface area contributed by atoms with Crippen LogP contribution in [0, 0.1) is 0 Å². The molecule has 0 aliphatic heterocycles. The molecule has 3 rings (SSSR count). The Hall–Kier alpha value is -2.95. The van der Waals surface area contributed by atoms with Crippen LogP contribution in [0.2, 0.25) is 5.02 Å². The predicted molar refractivity (Wildman–Crippen MR) is 112 cm³/mol. The van der Waals surface area contributed by atoms with Gasteiger partial charge >= 0.3 is 5.76 Å². The zero-order chi connectivity index (χ0) is 21.9. The van der Waals surface area contributed by atoms with Crippen LogP contribution in [0.5, 0.6) is 0 Å². The number of carbonyl (C=O) groups is 1. The maximum atomic E-state index is 12.8. The molecule has 0 bridgehead atoms. The van der Waals surface area contributed by atoms with E-state index in [1.165, 1.54) is 22.5 Å². The van der Waals surface area contributed by atoms with Crippen molar-refractivity contribution >= 4 is 33.2 Å². The predicted octanol–water partition coefficient (Wildman–Crippen LogP) is 2.97. The zero-order valence-corrected chi connectivity index (χ0v) is 17.7. The van der Waals surface area contributed by atoms with Gasteiger partial charge in [0.1, 0.15) is 0 Å². The molecule has 0 aliphatic carbocycles. The summed E-state index contributed by atoms with van der Waals surface area (Å²) in [5.41, 5.74) is 0.933. The lowest BCUT2D eigenvalue weighted by Gasteiger charge is -2.19. The topological polar surface area (TPSA) is 125 Å². The summed E-state index contributed by atoms with van der Waals surface area (Å²) in [4.78, 5) is 26.3. The molecule has 0 radical (unpaired) electrons. The number of hydrogen-bond donors (Lipinski definition) is 2. The van der Waals surface area contributed by atoms with Crippen LogP contribution in [0.4, 0.5) is 5.69 Å². The number of aromatic amines is 1. The van der Waals surface area contributed by atoms with E-state index in [1.54, 1.807) is 38.1 Å². The van der Waals surface area contributed by atoms with E-state index in [2.05, 4.69) is 20.0 Å². The largest absolute Gasteiger partial charge is 0.439 e. The van der Waals surface area contributed by atoms with Gasteiger partial charge in [0.05, 0.1) is 15.5 Å². The molecule has 0 saturated carbocycles. The van der Waals surface area contributed by atoms with E-state index in [9.17, 15) is 18.0 Å². The summed E-state index contributed by atoms with van der Waals surface area (Å²) >= 11 is 6.15. The van der Waals surface area contributed by atoms with Crippen LogP contribution < -0.4 is 11.1 Å². The number of anilines is 1. The lowest BCUT2D eigenvalue weighted by Crippen LogP contribution is -2.30. The third kappa shape index (κ3) is 4.45. The Bertz CT molecular complexity index is 1230. The smallest absolute Gasteiger partial charge is 0.322 e. The molecule has 0 spiro atoms. The number of rotatable bonds is 7. The van der Waals surface area contributed by atoms with Crippen molar-refractivity contribution in [1.82, 2.24) is 14.4 Å². The number of carbonyl (C=O) groups excluding carboxylic acids is 1. The first kappa shape index (κ1) is 21.8. The van der Waals surface area contributed by atoms with Crippen molar-refractivity contribution in [3.05, 3.63) is 63.6 Å². The van der Waals surface area contributed by atoms with Crippen LogP contribution in [-0.4, -0.2) is 41.9 Å². The second-order valence-electron chi connectivity index (χ2n) is 6.21. The zero-order valence-electron chi connectivity index (χ0n) is 16.2. The van der Waals surface area contributed by atoms with Gasteiger partial charge in [0.15, 0.2) is 5.82 Å². The number of aromatic nitrogens is 2. The van der Waals surface area contributed by atoms with Crippen LogP contribution in [0.15, 0.2) is 56.7 Å². The SMILES string of the molecule is CCN(CC)S(=O)(=O)c1ccc(Cl)c(C(=O)Nc2cccc(-c3noc(=O)[nH]3)c2)c1. The molecule has 1 heterocycles. The third-order valence-corrected chi connectivity index (χ3v) is 6.74. The molecule has 0 saturated heterocycles. The lowest BCUT2D eigenvalue weighted by molar-refractivity contribution is 0.102. The minimum atomic E-state index is -3.74. The molecule has 2 aromatic carbocycles. The number of halogens is 1. The molecule has 0 unspecified atom stereocenters. The highest BCUT2D eigenvalue weighted by molar-refractivity contribution is 7.89. The van der Waals surface area contributed by atoms with Gasteiger partial charge in [0.2, 0.25) is 10.0 Å². The minimum Gasteiger partial charge on any atom is -0.322 e. The number of H-pyrrole nitrogens is 1. The van der Waals surface area contributed by atoms with Crippen LogP contribution in [0.1, 0.15) is 24.2 Å². The average Bonchev–Trinajstić information content (AvgIpc) is 3.15. The second kappa shape index (κ2) is 8.82. The van der Waals surface area contributed by atoms with E-state index in [4.69, 9.17) is 11.6 Å². The van der Waals surface area contributed by atoms with Gasteiger partial charge in [-0.1, -0.05) is 42.7 Å². The molecule has 11 heteroatoms. The molecule has 0 atom stereocenters. The molecule has 1 amide bonds. The van der Waals surface area contributed by atoms with Gasteiger partial charge in [-0.25, -0.2) is 13.2 Å². The number of benzene rings is 2. The Labute approximate surface area is 177 Å². The van der Waals surface area contributed by atoms with Crippen LogP contribution in [0.25, 0.3) is 11.4 Å². The molecule has 3 aromatic rings. The van der Waals surface area contributed by atoms with Gasteiger partial charge in [-0.05, 0) is 30.3 Å². The minimum absolute atomic E-state index is 0.0187. The van der Waals surface area contributed by atoms with Crippen molar-refractivity contribution < 1.29 is 17.7 Å². The summed E-state index contributed by atoms with van der Waals surface area (Å²) in [7, 11) is -3.74. The van der Waals surface area contributed by atoms with E-state index in [0.29, 0.717) is 24.3 Å². The first-order valence-electron chi connectivity index (χ1n) is 9.03. The fourth-order valence-electron chi connectivity index (χ4n) is 2.85. The van der Waals surface area contributed by atoms with Crippen molar-refractivity contribution in [2.24, 2.45) is 0 Å². The molecular weight excluding hydrogens is 432 g/mol. The highest BCUT2D eigenvalue weighted by atomic mass is 35.5. The van der Waals surface area contributed by atoms with Crippen molar-refractivity contribution in [3.8, 4) is 11.4 Å². The van der Waals surface area contributed by atoms with Crippen molar-refractivity contribution in [3.63, 3.8) is 0 Å². The lowest BCUT2D eigenvalue weighted by atomic mass is 10.1. The van der Waals surface area contributed by atoms with E-state index in [1.807, 2.05) is 0 Å². The molecule has 0 aliphatic rings. The van der Waals surface area contributed by atoms with E-state index >= 15 is 0 Å². The van der Waals surface area contributed by atoms with E-state index < -0.39 is 21.7 Å². The van der Waals surface area contributed by atoms with Gasteiger partial charge in [-0.3, -0.25) is 14.3 Å². The number of nitrogens with one attached hydrogen (secondary N) is 2. The standard InChI is InChI=1S/C19H19ClN4O5S/c1-3-24(4-2)30(27,28)14-8-9-16(20)15(11-14)18(25)21-13-7-5-6-12(10-13)17-22-19(26)29-23-17/h5-11H,3-4H2,1-2H3,(H,21,25)(H,22,23,26). The number of sulfonamides is 1. The quantitative estimate of drug-likeness (QED) is 0.570. The van der Waals surface area contributed by atoms with Gasteiger partial charge < -0.3 is 5.32 Å². The van der Waals surface area contributed by atoms with Crippen molar-refractivity contribution in [2.75, 3.05) is 18.4 Å². The Kier molecular flexibility index (Phi) is 6.40. The average molecular weight is 451 g/mol. The number of hydrogen-bond acceptors (Lipinski definition) is 6. The first-order valence-corrected chi connectivity index (χ1v) is 10.9. The molecule has 2 N–H and O–H groups in total. The van der Waals surface area contributed by atoms with Crippen molar-refractivity contribution in [1.29, 1.82) is 0 Å². The van der Waals surface area contributed by atoms with E-state index in [0.717, 1.165) is 0 Å². The third-order valence-electron chi connectivity index (χ3n) is 4.36. The maximum Gasteiger partial charge on any atom is 0.439 e. The molecule has 30 heavy (non-hydrogen) atoms.